The van der Waals surface area contributed by atoms with Crippen LogP contribution in [0.4, 0.5) is 5.69 Å². The van der Waals surface area contributed by atoms with E-state index in [2.05, 4.69) is 15.3 Å². The minimum absolute atomic E-state index is 0.122. The van der Waals surface area contributed by atoms with Crippen LogP contribution >= 0.6 is 11.8 Å². The number of aromatic nitrogens is 2. The molecule has 5 nitrogen and oxygen atoms in total. The first kappa shape index (κ1) is 9.26. The summed E-state index contributed by atoms with van der Waals surface area (Å²) in [6, 6.07) is 0. The minimum atomic E-state index is -0.301. The minimum Gasteiger partial charge on any atom is -0.318 e. The Balaban J connectivity index is 2.45. The first-order valence-corrected chi connectivity index (χ1v) is 5.15. The molecule has 0 aromatic carbocycles. The van der Waals surface area contributed by atoms with Crippen molar-refractivity contribution in [2.45, 2.75) is 23.6 Å². The molecule has 2 N–H and O–H groups in total. The summed E-state index contributed by atoms with van der Waals surface area (Å²) in [4.78, 5) is 29.1. The van der Waals surface area contributed by atoms with Gasteiger partial charge in [0.1, 0.15) is 10.7 Å². The van der Waals surface area contributed by atoms with Crippen molar-refractivity contribution in [3.05, 3.63) is 16.7 Å². The SMILES string of the molecule is CCC1Sc2nc[nH]c(=O)c2NC1=O. The maximum absolute atomic E-state index is 11.4. The third-order valence-electron chi connectivity index (χ3n) is 1.98. The Bertz CT molecular complexity index is 429. The van der Waals surface area contributed by atoms with Crippen molar-refractivity contribution < 1.29 is 4.79 Å². The zero-order valence-electron chi connectivity index (χ0n) is 7.53. The van der Waals surface area contributed by atoms with Crippen LogP contribution < -0.4 is 10.9 Å². The summed E-state index contributed by atoms with van der Waals surface area (Å²) in [7, 11) is 0. The van der Waals surface area contributed by atoms with Crippen LogP contribution in [0.15, 0.2) is 16.1 Å². The molecule has 14 heavy (non-hydrogen) atoms. The van der Waals surface area contributed by atoms with E-state index in [-0.39, 0.29) is 22.4 Å². The van der Waals surface area contributed by atoms with E-state index in [4.69, 9.17) is 0 Å². The van der Waals surface area contributed by atoms with Gasteiger partial charge in [0.05, 0.1) is 11.6 Å². The quantitative estimate of drug-likeness (QED) is 0.667. The zero-order chi connectivity index (χ0) is 10.1. The molecule has 1 aromatic heterocycles. The molecule has 2 heterocycles. The standard InChI is InChI=1S/C8H9N3O2S/c1-2-4-6(12)11-5-7(13)9-3-10-8(5)14-4/h3-4H,2H2,1H3,(H,11,12)(H,9,10,13). The van der Waals surface area contributed by atoms with Crippen molar-refractivity contribution in [3.63, 3.8) is 0 Å². The van der Waals surface area contributed by atoms with E-state index in [1.54, 1.807) is 0 Å². The highest BCUT2D eigenvalue weighted by Crippen LogP contribution is 2.32. The Morgan fingerprint density at radius 2 is 2.36 bits per heavy atom. The second-order valence-corrected chi connectivity index (χ2v) is 4.11. The number of amides is 1. The molecule has 6 heteroatoms. The number of carbonyl (C=O) groups excluding carboxylic acids is 1. The molecule has 0 spiro atoms. The highest BCUT2D eigenvalue weighted by atomic mass is 32.2. The lowest BCUT2D eigenvalue weighted by molar-refractivity contribution is -0.115. The summed E-state index contributed by atoms with van der Waals surface area (Å²) in [6.45, 7) is 1.93. The lowest BCUT2D eigenvalue weighted by Gasteiger charge is -2.20. The first-order valence-electron chi connectivity index (χ1n) is 4.27. The van der Waals surface area contributed by atoms with Crippen molar-refractivity contribution >= 4 is 23.4 Å². The van der Waals surface area contributed by atoms with E-state index in [1.165, 1.54) is 18.1 Å². The van der Waals surface area contributed by atoms with E-state index < -0.39 is 0 Å². The fraction of sp³-hybridized carbons (Fsp3) is 0.375. The molecule has 1 aliphatic rings. The van der Waals surface area contributed by atoms with Crippen LogP contribution in [0.25, 0.3) is 0 Å². The van der Waals surface area contributed by atoms with Crippen LogP contribution in [-0.4, -0.2) is 21.1 Å². The lowest BCUT2D eigenvalue weighted by Crippen LogP contribution is -2.32. The molecular weight excluding hydrogens is 202 g/mol. The maximum atomic E-state index is 11.4. The van der Waals surface area contributed by atoms with E-state index in [0.29, 0.717) is 5.03 Å². The molecule has 1 aliphatic heterocycles. The molecule has 1 amide bonds. The molecule has 0 aliphatic carbocycles. The number of rotatable bonds is 1. The van der Waals surface area contributed by atoms with E-state index in [0.717, 1.165) is 6.42 Å². The number of thioether (sulfide) groups is 1. The molecule has 74 valence electrons. The third-order valence-corrected chi connectivity index (χ3v) is 3.35. The molecule has 0 fully saturated rings. The molecule has 0 saturated heterocycles. The molecule has 0 saturated carbocycles. The van der Waals surface area contributed by atoms with Crippen molar-refractivity contribution in [1.29, 1.82) is 0 Å². The largest absolute Gasteiger partial charge is 0.318 e. The number of carbonyl (C=O) groups is 1. The second kappa shape index (κ2) is 3.45. The van der Waals surface area contributed by atoms with Crippen molar-refractivity contribution in [1.82, 2.24) is 9.97 Å². The van der Waals surface area contributed by atoms with Gasteiger partial charge in [-0.2, -0.15) is 0 Å². The van der Waals surface area contributed by atoms with Crippen LogP contribution in [0.5, 0.6) is 0 Å². The number of hydrogen-bond donors (Lipinski definition) is 2. The number of hydrogen-bond acceptors (Lipinski definition) is 4. The smallest absolute Gasteiger partial charge is 0.275 e. The van der Waals surface area contributed by atoms with Gasteiger partial charge in [-0.05, 0) is 6.42 Å². The lowest BCUT2D eigenvalue weighted by atomic mass is 10.3. The Morgan fingerprint density at radius 1 is 1.57 bits per heavy atom. The predicted octanol–water partition coefficient (Wildman–Crippen LogP) is 0.593. The van der Waals surface area contributed by atoms with Gasteiger partial charge in [-0.1, -0.05) is 18.7 Å². The highest BCUT2D eigenvalue weighted by Gasteiger charge is 2.27. The number of aromatic amines is 1. The van der Waals surface area contributed by atoms with Crippen LogP contribution in [0.2, 0.25) is 0 Å². The predicted molar refractivity (Wildman–Crippen MR) is 53.4 cm³/mol. The van der Waals surface area contributed by atoms with Gasteiger partial charge in [0.25, 0.3) is 5.56 Å². The summed E-state index contributed by atoms with van der Waals surface area (Å²) in [5, 5.41) is 3.02. The van der Waals surface area contributed by atoms with Crippen molar-refractivity contribution in [2.75, 3.05) is 5.32 Å². The molecular formula is C8H9N3O2S. The Morgan fingerprint density at radius 3 is 3.07 bits per heavy atom. The fourth-order valence-electron chi connectivity index (χ4n) is 1.24. The molecule has 0 radical (unpaired) electrons. The fourth-order valence-corrected chi connectivity index (χ4v) is 2.22. The van der Waals surface area contributed by atoms with Crippen LogP contribution in [0.1, 0.15) is 13.3 Å². The van der Waals surface area contributed by atoms with Gasteiger partial charge in [0, 0.05) is 0 Å². The number of anilines is 1. The Hall–Kier alpha value is -1.30. The van der Waals surface area contributed by atoms with Crippen LogP contribution in [0, 0.1) is 0 Å². The topological polar surface area (TPSA) is 74.8 Å². The normalized spacial score (nSPS) is 20.1. The molecule has 1 aromatic rings. The summed E-state index contributed by atoms with van der Waals surface area (Å²) in [6.07, 6.45) is 2.07. The van der Waals surface area contributed by atoms with Gasteiger partial charge >= 0.3 is 0 Å². The van der Waals surface area contributed by atoms with Gasteiger partial charge in [-0.25, -0.2) is 4.98 Å². The average molecular weight is 211 g/mol. The Kier molecular flexibility index (Phi) is 2.28. The zero-order valence-corrected chi connectivity index (χ0v) is 8.35. The van der Waals surface area contributed by atoms with Gasteiger partial charge in [-0.3, -0.25) is 9.59 Å². The Labute approximate surface area is 84.3 Å². The number of fused-ring (bicyclic) bond motifs is 1. The number of nitrogens with one attached hydrogen (secondary N) is 2. The van der Waals surface area contributed by atoms with E-state index in [1.807, 2.05) is 6.92 Å². The molecule has 1 atom stereocenters. The second-order valence-electron chi connectivity index (χ2n) is 2.92. The summed E-state index contributed by atoms with van der Waals surface area (Å²) in [5.41, 5.74) is -0.0300. The first-order chi connectivity index (χ1) is 6.72. The number of nitrogens with zero attached hydrogens (tertiary/aromatic N) is 1. The van der Waals surface area contributed by atoms with E-state index in [9.17, 15) is 9.59 Å². The van der Waals surface area contributed by atoms with Crippen molar-refractivity contribution in [3.8, 4) is 0 Å². The monoisotopic (exact) mass is 211 g/mol. The molecule has 0 bridgehead atoms. The highest BCUT2D eigenvalue weighted by molar-refractivity contribution is 8.00. The third kappa shape index (κ3) is 1.41. The molecule has 1 unspecified atom stereocenters. The van der Waals surface area contributed by atoms with Gasteiger partial charge in [-0.15, -0.1) is 0 Å². The van der Waals surface area contributed by atoms with E-state index >= 15 is 0 Å². The van der Waals surface area contributed by atoms with Crippen LogP contribution in [0.3, 0.4) is 0 Å². The summed E-state index contributed by atoms with van der Waals surface area (Å²) in [5.74, 6) is -0.122. The van der Waals surface area contributed by atoms with Gasteiger partial charge in [0.15, 0.2) is 0 Å². The summed E-state index contributed by atoms with van der Waals surface area (Å²) < 4.78 is 0. The summed E-state index contributed by atoms with van der Waals surface area (Å²) >= 11 is 1.34. The molecule has 2 rings (SSSR count). The number of H-pyrrole nitrogens is 1. The van der Waals surface area contributed by atoms with Gasteiger partial charge in [0.2, 0.25) is 5.91 Å². The van der Waals surface area contributed by atoms with Gasteiger partial charge < -0.3 is 10.3 Å². The maximum Gasteiger partial charge on any atom is 0.275 e. The van der Waals surface area contributed by atoms with Crippen LogP contribution in [-0.2, 0) is 4.79 Å². The van der Waals surface area contributed by atoms with Crippen molar-refractivity contribution in [2.24, 2.45) is 0 Å². The average Bonchev–Trinajstić information content (AvgIpc) is 2.19.